The lowest BCUT2D eigenvalue weighted by atomic mass is 10.1. The highest BCUT2D eigenvalue weighted by Crippen LogP contribution is 2.11. The van der Waals surface area contributed by atoms with E-state index in [1.54, 1.807) is 6.07 Å². The number of halogens is 2. The van der Waals surface area contributed by atoms with Crippen LogP contribution in [0, 0.1) is 5.82 Å². The molecular formula is C10H10BrFO2. The summed E-state index contributed by atoms with van der Waals surface area (Å²) in [7, 11) is 0. The Bertz CT molecular complexity index is 339. The first-order valence-electron chi connectivity index (χ1n) is 4.18. The van der Waals surface area contributed by atoms with E-state index in [0.717, 1.165) is 10.9 Å². The quantitative estimate of drug-likeness (QED) is 0.845. The Kier molecular flexibility index (Phi) is 4.07. The average Bonchev–Trinajstić information content (AvgIpc) is 2.01. The van der Waals surface area contributed by atoms with Gasteiger partial charge in [0, 0.05) is 5.33 Å². The summed E-state index contributed by atoms with van der Waals surface area (Å²) < 4.78 is 13.0. The number of benzene rings is 1. The molecule has 1 rings (SSSR count). The van der Waals surface area contributed by atoms with Gasteiger partial charge < -0.3 is 5.11 Å². The van der Waals surface area contributed by atoms with Crippen LogP contribution >= 0.6 is 15.9 Å². The van der Waals surface area contributed by atoms with Gasteiger partial charge in [-0.05, 0) is 29.7 Å². The summed E-state index contributed by atoms with van der Waals surface area (Å²) in [6, 6.07) is 4.40. The molecule has 1 aromatic rings. The van der Waals surface area contributed by atoms with Gasteiger partial charge in [0.2, 0.25) is 0 Å². The first-order valence-corrected chi connectivity index (χ1v) is 5.30. The summed E-state index contributed by atoms with van der Waals surface area (Å²) in [6.07, 6.45) is 0.567. The number of carboxylic acid groups (broad SMARTS) is 1. The molecule has 0 amide bonds. The zero-order chi connectivity index (χ0) is 10.6. The molecule has 0 aliphatic carbocycles. The van der Waals surface area contributed by atoms with Crippen molar-refractivity contribution in [2.45, 2.75) is 12.8 Å². The molecule has 0 bridgehead atoms. The first-order chi connectivity index (χ1) is 6.61. The minimum atomic E-state index is -0.944. The number of alkyl halides is 1. The summed E-state index contributed by atoms with van der Waals surface area (Å²) in [5.41, 5.74) is 1.33. The molecule has 1 aromatic carbocycles. The lowest BCUT2D eigenvalue weighted by Gasteiger charge is -2.02. The Morgan fingerprint density at radius 3 is 2.57 bits per heavy atom. The number of aryl methyl sites for hydroxylation is 1. The van der Waals surface area contributed by atoms with Crippen LogP contribution in [0.15, 0.2) is 18.2 Å². The van der Waals surface area contributed by atoms with Crippen LogP contribution in [0.5, 0.6) is 0 Å². The highest BCUT2D eigenvalue weighted by molar-refractivity contribution is 9.09. The average molecular weight is 261 g/mol. The molecular weight excluding hydrogens is 251 g/mol. The van der Waals surface area contributed by atoms with Crippen LogP contribution in [0.4, 0.5) is 4.39 Å². The van der Waals surface area contributed by atoms with Crippen LogP contribution in [0.3, 0.4) is 0 Å². The van der Waals surface area contributed by atoms with Gasteiger partial charge >= 0.3 is 5.97 Å². The van der Waals surface area contributed by atoms with Gasteiger partial charge in [0.05, 0.1) is 6.42 Å². The summed E-state index contributed by atoms with van der Waals surface area (Å²) in [5, 5.41) is 9.29. The number of rotatable bonds is 4. The van der Waals surface area contributed by atoms with Crippen LogP contribution < -0.4 is 0 Å². The molecule has 0 radical (unpaired) electrons. The molecule has 0 saturated carbocycles. The molecule has 76 valence electrons. The lowest BCUT2D eigenvalue weighted by molar-refractivity contribution is -0.136. The van der Waals surface area contributed by atoms with E-state index in [1.807, 2.05) is 0 Å². The second kappa shape index (κ2) is 5.10. The van der Waals surface area contributed by atoms with E-state index in [-0.39, 0.29) is 12.2 Å². The van der Waals surface area contributed by atoms with Crippen molar-refractivity contribution in [2.75, 3.05) is 5.33 Å². The van der Waals surface area contributed by atoms with Gasteiger partial charge in [-0.15, -0.1) is 0 Å². The number of carboxylic acids is 1. The largest absolute Gasteiger partial charge is 0.481 e. The van der Waals surface area contributed by atoms with E-state index in [9.17, 15) is 9.18 Å². The summed E-state index contributed by atoms with van der Waals surface area (Å²) in [5.74, 6) is -1.32. The maximum Gasteiger partial charge on any atom is 0.307 e. The molecule has 0 aliphatic heterocycles. The molecule has 0 fully saturated rings. The zero-order valence-corrected chi connectivity index (χ0v) is 9.05. The Hall–Kier alpha value is -0.900. The topological polar surface area (TPSA) is 37.3 Å². The number of hydrogen-bond donors (Lipinski definition) is 1. The number of carbonyl (C=O) groups is 1. The van der Waals surface area contributed by atoms with Crippen LogP contribution in [-0.4, -0.2) is 16.4 Å². The van der Waals surface area contributed by atoms with E-state index in [4.69, 9.17) is 5.11 Å². The molecule has 0 saturated heterocycles. The minimum absolute atomic E-state index is 0.132. The van der Waals surface area contributed by atoms with Crippen molar-refractivity contribution in [3.8, 4) is 0 Å². The smallest absolute Gasteiger partial charge is 0.307 e. The number of aliphatic carboxylic acids is 1. The molecule has 2 nitrogen and oxygen atoms in total. The van der Waals surface area contributed by atoms with Crippen molar-refractivity contribution in [1.82, 2.24) is 0 Å². The number of hydrogen-bond acceptors (Lipinski definition) is 1. The Morgan fingerprint density at radius 2 is 2.00 bits per heavy atom. The molecule has 0 atom stereocenters. The maximum absolute atomic E-state index is 13.0. The van der Waals surface area contributed by atoms with Gasteiger partial charge in [-0.2, -0.15) is 0 Å². The summed E-state index contributed by atoms with van der Waals surface area (Å²) in [4.78, 5) is 10.4. The van der Waals surface area contributed by atoms with Crippen LogP contribution in [0.1, 0.15) is 11.1 Å². The minimum Gasteiger partial charge on any atom is -0.481 e. The van der Waals surface area contributed by atoms with E-state index in [0.29, 0.717) is 12.0 Å². The van der Waals surface area contributed by atoms with Crippen LogP contribution in [0.2, 0.25) is 0 Å². The Labute approximate surface area is 89.9 Å². The van der Waals surface area contributed by atoms with Crippen molar-refractivity contribution in [1.29, 1.82) is 0 Å². The Morgan fingerprint density at radius 1 is 1.36 bits per heavy atom. The van der Waals surface area contributed by atoms with Crippen molar-refractivity contribution < 1.29 is 14.3 Å². The lowest BCUT2D eigenvalue weighted by Crippen LogP contribution is -2.01. The summed E-state index contributed by atoms with van der Waals surface area (Å²) in [6.45, 7) is 0. The predicted molar refractivity (Wildman–Crippen MR) is 55.2 cm³/mol. The second-order valence-electron chi connectivity index (χ2n) is 2.98. The molecule has 0 aromatic heterocycles. The second-order valence-corrected chi connectivity index (χ2v) is 3.77. The van der Waals surface area contributed by atoms with Crippen molar-refractivity contribution in [3.05, 3.63) is 35.1 Å². The van der Waals surface area contributed by atoms with Crippen LogP contribution in [-0.2, 0) is 17.6 Å². The van der Waals surface area contributed by atoms with E-state index in [1.165, 1.54) is 12.1 Å². The fraction of sp³-hybridized carbons (Fsp3) is 0.300. The van der Waals surface area contributed by atoms with E-state index in [2.05, 4.69) is 15.9 Å². The van der Waals surface area contributed by atoms with E-state index < -0.39 is 5.97 Å². The zero-order valence-electron chi connectivity index (χ0n) is 7.46. The van der Waals surface area contributed by atoms with Gasteiger partial charge in [-0.3, -0.25) is 4.79 Å². The highest BCUT2D eigenvalue weighted by atomic mass is 79.9. The molecule has 0 spiro atoms. The standard InChI is InChI=1S/C10H10BrFO2/c11-2-1-7-3-8(6-10(13)14)5-9(12)4-7/h3-5H,1-2,6H2,(H,13,14). The van der Waals surface area contributed by atoms with Gasteiger partial charge in [-0.1, -0.05) is 22.0 Å². The molecule has 0 heterocycles. The van der Waals surface area contributed by atoms with Gasteiger partial charge in [-0.25, -0.2) is 4.39 Å². The molecule has 0 aliphatic rings. The van der Waals surface area contributed by atoms with Gasteiger partial charge in [0.25, 0.3) is 0 Å². The third kappa shape index (κ3) is 3.46. The molecule has 1 N–H and O–H groups in total. The molecule has 4 heteroatoms. The van der Waals surface area contributed by atoms with Gasteiger partial charge in [0.15, 0.2) is 0 Å². The molecule has 14 heavy (non-hydrogen) atoms. The predicted octanol–water partition coefficient (Wildman–Crippen LogP) is 2.39. The van der Waals surface area contributed by atoms with Gasteiger partial charge in [0.1, 0.15) is 5.82 Å². The van der Waals surface area contributed by atoms with Crippen molar-refractivity contribution in [2.24, 2.45) is 0 Å². The monoisotopic (exact) mass is 260 g/mol. The fourth-order valence-corrected chi connectivity index (χ4v) is 1.71. The first kappa shape index (κ1) is 11.2. The maximum atomic E-state index is 13.0. The highest BCUT2D eigenvalue weighted by Gasteiger charge is 2.04. The fourth-order valence-electron chi connectivity index (χ4n) is 1.25. The molecule has 0 unspecified atom stereocenters. The van der Waals surface area contributed by atoms with Crippen molar-refractivity contribution in [3.63, 3.8) is 0 Å². The third-order valence-electron chi connectivity index (χ3n) is 1.76. The normalized spacial score (nSPS) is 10.1. The van der Waals surface area contributed by atoms with Crippen LogP contribution in [0.25, 0.3) is 0 Å². The SMILES string of the molecule is O=C(O)Cc1cc(F)cc(CCBr)c1. The summed E-state index contributed by atoms with van der Waals surface area (Å²) >= 11 is 3.25. The third-order valence-corrected chi connectivity index (χ3v) is 2.15. The Balaban J connectivity index is 2.88. The van der Waals surface area contributed by atoms with Crippen molar-refractivity contribution >= 4 is 21.9 Å². The van der Waals surface area contributed by atoms with E-state index >= 15 is 0 Å².